The Morgan fingerprint density at radius 3 is 2.51 bits per heavy atom. The van der Waals surface area contributed by atoms with Crippen LogP contribution in [0.4, 0.5) is 11.5 Å². The van der Waals surface area contributed by atoms with Crippen LogP contribution in [-0.2, 0) is 19.5 Å². The first kappa shape index (κ1) is 25.7. The van der Waals surface area contributed by atoms with Crippen LogP contribution in [0.1, 0.15) is 43.2 Å². The van der Waals surface area contributed by atoms with Crippen LogP contribution < -0.4 is 25.2 Å². The molecule has 8 nitrogen and oxygen atoms in total. The van der Waals surface area contributed by atoms with Gasteiger partial charge in [0.1, 0.15) is 12.4 Å². The highest BCUT2D eigenvalue weighted by Crippen LogP contribution is 2.35. The number of rotatable bonds is 10. The van der Waals surface area contributed by atoms with Gasteiger partial charge in [-0.3, -0.25) is 0 Å². The van der Waals surface area contributed by atoms with Gasteiger partial charge in [0.2, 0.25) is 0 Å². The van der Waals surface area contributed by atoms with Gasteiger partial charge in [-0.25, -0.2) is 0 Å². The number of hydrogen-bond donors (Lipinski definition) is 2. The second kappa shape index (κ2) is 12.0. The van der Waals surface area contributed by atoms with Crippen LogP contribution in [0.2, 0.25) is 0 Å². The highest BCUT2D eigenvalue weighted by Gasteiger charge is 2.28. The number of hydrogen-bond acceptors (Lipinski definition) is 8. The van der Waals surface area contributed by atoms with E-state index in [1.165, 1.54) is 27.9 Å². The van der Waals surface area contributed by atoms with Gasteiger partial charge in [-0.15, -0.1) is 0 Å². The van der Waals surface area contributed by atoms with Crippen LogP contribution in [0.3, 0.4) is 0 Å². The fraction of sp³-hybridized carbons (Fsp3) is 0.630. The second-order valence-corrected chi connectivity index (χ2v) is 9.60. The molecule has 0 saturated carbocycles. The van der Waals surface area contributed by atoms with Gasteiger partial charge in [0, 0.05) is 58.5 Å². The zero-order chi connectivity index (χ0) is 24.8. The lowest BCUT2D eigenvalue weighted by atomic mass is 9.97. The third-order valence-corrected chi connectivity index (χ3v) is 7.36. The Morgan fingerprint density at radius 1 is 1.06 bits per heavy atom. The van der Waals surface area contributed by atoms with Crippen molar-refractivity contribution in [3.8, 4) is 6.01 Å². The van der Waals surface area contributed by atoms with Gasteiger partial charge in [0.25, 0.3) is 0 Å². The fourth-order valence-corrected chi connectivity index (χ4v) is 5.28. The Labute approximate surface area is 212 Å². The molecule has 194 valence electrons. The van der Waals surface area contributed by atoms with Gasteiger partial charge < -0.3 is 30.1 Å². The smallest absolute Gasteiger partial charge is 0.318 e. The van der Waals surface area contributed by atoms with Crippen molar-refractivity contribution in [2.24, 2.45) is 0 Å². The lowest BCUT2D eigenvalue weighted by molar-refractivity contribution is 0.212. The van der Waals surface area contributed by atoms with E-state index in [2.05, 4.69) is 65.2 Å². The summed E-state index contributed by atoms with van der Waals surface area (Å²) in [5.41, 5.74) is 7.76. The summed E-state index contributed by atoms with van der Waals surface area (Å²) in [6.45, 7) is 18.9. The van der Waals surface area contributed by atoms with Gasteiger partial charge in [-0.2, -0.15) is 9.97 Å². The number of aromatic nitrogens is 2. The number of aryl methyl sites for hydroxylation is 2. The van der Waals surface area contributed by atoms with E-state index in [0.717, 1.165) is 83.4 Å². The Morgan fingerprint density at radius 2 is 1.80 bits per heavy atom. The number of benzene rings is 1. The topological polar surface area (TPSA) is 68.8 Å². The number of nitrogens with one attached hydrogen (secondary N) is 2. The number of likely N-dealkylation sites (N-methyl/N-ethyl adjacent to an activating group) is 1. The first-order valence-electron chi connectivity index (χ1n) is 13.2. The van der Waals surface area contributed by atoms with Crippen molar-refractivity contribution in [2.45, 2.75) is 47.2 Å². The molecule has 3 heterocycles. The van der Waals surface area contributed by atoms with Gasteiger partial charge in [-0.1, -0.05) is 26.0 Å². The monoisotopic (exact) mass is 483 g/mol. The van der Waals surface area contributed by atoms with Crippen LogP contribution in [0.25, 0.3) is 0 Å². The molecule has 1 aromatic carbocycles. The Balaban J connectivity index is 0.00000361. The standard InChI is InChI=1S/C27H43N7O.H2/c1-6-32(7-2)16-17-35-27-30-24-19-34(25-21(4)9-8-20(3)23(25)18-28-5)13-10-22(24)26(31-27)33-14-11-29-12-15-33;/h8-9,28-29H,6-7,10-19H2,1-5H3;1H. The first-order valence-corrected chi connectivity index (χ1v) is 13.2. The summed E-state index contributed by atoms with van der Waals surface area (Å²) in [5.74, 6) is 1.07. The zero-order valence-electron chi connectivity index (χ0n) is 22.3. The molecule has 0 atom stereocenters. The number of anilines is 2. The summed E-state index contributed by atoms with van der Waals surface area (Å²) in [5, 5.41) is 6.83. The lowest BCUT2D eigenvalue weighted by Gasteiger charge is -2.36. The lowest BCUT2D eigenvalue weighted by Crippen LogP contribution is -2.45. The average Bonchev–Trinajstić information content (AvgIpc) is 2.88. The quantitative estimate of drug-likeness (QED) is 0.535. The third-order valence-electron chi connectivity index (χ3n) is 7.36. The molecule has 2 aromatic rings. The number of fused-ring (bicyclic) bond motifs is 1. The van der Waals surface area contributed by atoms with E-state index in [0.29, 0.717) is 12.6 Å². The highest BCUT2D eigenvalue weighted by molar-refractivity contribution is 5.64. The van der Waals surface area contributed by atoms with Crippen molar-refractivity contribution in [3.05, 3.63) is 40.1 Å². The summed E-state index contributed by atoms with van der Waals surface area (Å²) in [6.07, 6.45) is 0.945. The summed E-state index contributed by atoms with van der Waals surface area (Å²) in [7, 11) is 2.02. The van der Waals surface area contributed by atoms with E-state index in [4.69, 9.17) is 14.7 Å². The van der Waals surface area contributed by atoms with Crippen molar-refractivity contribution in [3.63, 3.8) is 0 Å². The van der Waals surface area contributed by atoms with E-state index >= 15 is 0 Å². The number of nitrogens with zero attached hydrogens (tertiary/aromatic N) is 5. The van der Waals surface area contributed by atoms with Crippen LogP contribution in [0.5, 0.6) is 6.01 Å². The fourth-order valence-electron chi connectivity index (χ4n) is 5.28. The molecule has 0 unspecified atom stereocenters. The molecule has 0 bridgehead atoms. The summed E-state index contributed by atoms with van der Waals surface area (Å²) in [4.78, 5) is 17.2. The number of ether oxygens (including phenoxy) is 1. The molecule has 0 spiro atoms. The normalized spacial score (nSPS) is 16.1. The average molecular weight is 484 g/mol. The molecule has 8 heteroatoms. The first-order chi connectivity index (χ1) is 17.0. The van der Waals surface area contributed by atoms with Gasteiger partial charge in [0.05, 0.1) is 12.2 Å². The predicted molar refractivity (Wildman–Crippen MR) is 146 cm³/mol. The molecule has 4 rings (SSSR count). The summed E-state index contributed by atoms with van der Waals surface area (Å²) in [6, 6.07) is 4.99. The Kier molecular flexibility index (Phi) is 8.81. The van der Waals surface area contributed by atoms with Crippen LogP contribution in [0, 0.1) is 13.8 Å². The molecule has 2 aliphatic heterocycles. The van der Waals surface area contributed by atoms with Crippen molar-refractivity contribution < 1.29 is 6.16 Å². The molecule has 35 heavy (non-hydrogen) atoms. The van der Waals surface area contributed by atoms with Crippen LogP contribution in [0.15, 0.2) is 12.1 Å². The van der Waals surface area contributed by atoms with E-state index in [-0.39, 0.29) is 1.43 Å². The maximum Gasteiger partial charge on any atom is 0.318 e. The summed E-state index contributed by atoms with van der Waals surface area (Å²) < 4.78 is 6.15. The highest BCUT2D eigenvalue weighted by atomic mass is 16.5. The minimum atomic E-state index is 0. The van der Waals surface area contributed by atoms with Crippen molar-refractivity contribution in [1.82, 2.24) is 25.5 Å². The minimum Gasteiger partial charge on any atom is -0.462 e. The van der Waals surface area contributed by atoms with E-state index in [1.807, 2.05) is 7.05 Å². The van der Waals surface area contributed by atoms with Crippen LogP contribution in [-0.4, -0.2) is 80.9 Å². The SMILES string of the molecule is CCN(CC)CCOc1nc2c(c(N3CCNCC3)n1)CCN(c1c(C)ccc(C)c1CNC)C2.[HH]. The maximum absolute atomic E-state index is 6.15. The molecule has 0 aliphatic carbocycles. The molecule has 2 N–H and O–H groups in total. The molecule has 2 aliphatic rings. The Bertz CT molecular complexity index is 993. The zero-order valence-corrected chi connectivity index (χ0v) is 22.3. The van der Waals surface area contributed by atoms with E-state index in [1.54, 1.807) is 0 Å². The molecule has 1 saturated heterocycles. The molecular weight excluding hydrogens is 438 g/mol. The molecule has 1 fully saturated rings. The van der Waals surface area contributed by atoms with Crippen molar-refractivity contribution in [1.29, 1.82) is 0 Å². The molecule has 0 amide bonds. The Hall–Kier alpha value is -2.42. The molecular formula is C27H45N7O. The van der Waals surface area contributed by atoms with E-state index in [9.17, 15) is 0 Å². The number of piperazine rings is 1. The summed E-state index contributed by atoms with van der Waals surface area (Å²) >= 11 is 0. The van der Waals surface area contributed by atoms with E-state index < -0.39 is 0 Å². The minimum absolute atomic E-state index is 0. The van der Waals surface area contributed by atoms with Gasteiger partial charge >= 0.3 is 6.01 Å². The second-order valence-electron chi connectivity index (χ2n) is 9.60. The van der Waals surface area contributed by atoms with Crippen molar-refractivity contribution in [2.75, 3.05) is 75.8 Å². The molecule has 0 radical (unpaired) electrons. The van der Waals surface area contributed by atoms with Crippen LogP contribution >= 0.6 is 0 Å². The van der Waals surface area contributed by atoms with Crippen molar-refractivity contribution >= 4 is 11.5 Å². The predicted octanol–water partition coefficient (Wildman–Crippen LogP) is 2.75. The third kappa shape index (κ3) is 5.88. The van der Waals surface area contributed by atoms with Gasteiger partial charge in [-0.05, 0) is 57.1 Å². The largest absolute Gasteiger partial charge is 0.462 e. The maximum atomic E-state index is 6.15. The molecule has 1 aromatic heterocycles. The van der Waals surface area contributed by atoms with Gasteiger partial charge in [0.15, 0.2) is 0 Å².